The molecule has 2 aromatic carbocycles. The van der Waals surface area contributed by atoms with Gasteiger partial charge in [0.15, 0.2) is 0 Å². The molecular formula is C18H20Cl2N2O. The molecule has 0 heterocycles. The predicted molar refractivity (Wildman–Crippen MR) is 97.5 cm³/mol. The Morgan fingerprint density at radius 3 is 2.65 bits per heavy atom. The van der Waals surface area contributed by atoms with Gasteiger partial charge in [-0.25, -0.2) is 0 Å². The first-order valence-corrected chi connectivity index (χ1v) is 8.31. The van der Waals surface area contributed by atoms with Gasteiger partial charge in [-0.3, -0.25) is 4.79 Å². The van der Waals surface area contributed by atoms with Crippen molar-refractivity contribution in [2.45, 2.75) is 19.8 Å². The standard InChI is InChI=1S/C18H20Cl2N2O/c1-13-5-6-16(12-17(13)20)21-10-8-18(23)22-9-7-14-3-2-4-15(19)11-14/h2-6,11-12,21H,7-10H2,1H3,(H,22,23). The topological polar surface area (TPSA) is 41.1 Å². The van der Waals surface area contributed by atoms with Gasteiger partial charge in [-0.2, -0.15) is 0 Å². The van der Waals surface area contributed by atoms with Gasteiger partial charge in [0.2, 0.25) is 5.91 Å². The summed E-state index contributed by atoms with van der Waals surface area (Å²) in [6, 6.07) is 13.4. The highest BCUT2D eigenvalue weighted by atomic mass is 35.5. The van der Waals surface area contributed by atoms with Crippen LogP contribution in [-0.4, -0.2) is 19.0 Å². The van der Waals surface area contributed by atoms with Crippen molar-refractivity contribution in [2.24, 2.45) is 0 Å². The Morgan fingerprint density at radius 2 is 1.91 bits per heavy atom. The Bertz CT molecular complexity index is 674. The number of amides is 1. The molecule has 0 saturated carbocycles. The summed E-state index contributed by atoms with van der Waals surface area (Å²) in [4.78, 5) is 11.8. The lowest BCUT2D eigenvalue weighted by Gasteiger charge is -2.09. The van der Waals surface area contributed by atoms with E-state index in [1.165, 1.54) is 0 Å². The van der Waals surface area contributed by atoms with E-state index in [1.54, 1.807) is 0 Å². The van der Waals surface area contributed by atoms with Crippen LogP contribution in [0.25, 0.3) is 0 Å². The molecule has 0 saturated heterocycles. The van der Waals surface area contributed by atoms with Crippen LogP contribution < -0.4 is 10.6 Å². The average Bonchev–Trinajstić information content (AvgIpc) is 2.51. The largest absolute Gasteiger partial charge is 0.384 e. The first-order valence-electron chi connectivity index (χ1n) is 7.56. The van der Waals surface area contributed by atoms with E-state index in [-0.39, 0.29) is 5.91 Å². The van der Waals surface area contributed by atoms with Gasteiger partial charge in [0, 0.05) is 35.2 Å². The molecule has 23 heavy (non-hydrogen) atoms. The summed E-state index contributed by atoms with van der Waals surface area (Å²) in [6.07, 6.45) is 1.19. The van der Waals surface area contributed by atoms with Crippen LogP contribution in [0.4, 0.5) is 5.69 Å². The van der Waals surface area contributed by atoms with Gasteiger partial charge >= 0.3 is 0 Å². The fourth-order valence-corrected chi connectivity index (χ4v) is 2.54. The van der Waals surface area contributed by atoms with Crippen LogP contribution in [0.1, 0.15) is 17.5 Å². The lowest BCUT2D eigenvalue weighted by atomic mass is 10.1. The van der Waals surface area contributed by atoms with Gasteiger partial charge in [-0.1, -0.05) is 41.4 Å². The van der Waals surface area contributed by atoms with E-state index in [9.17, 15) is 4.79 Å². The molecule has 3 nitrogen and oxygen atoms in total. The lowest BCUT2D eigenvalue weighted by molar-refractivity contribution is -0.120. The minimum atomic E-state index is 0.0257. The van der Waals surface area contributed by atoms with E-state index in [0.717, 1.165) is 33.3 Å². The van der Waals surface area contributed by atoms with Crippen molar-refractivity contribution in [2.75, 3.05) is 18.4 Å². The van der Waals surface area contributed by atoms with Crippen LogP contribution in [0.2, 0.25) is 10.0 Å². The summed E-state index contributed by atoms with van der Waals surface area (Å²) in [5.74, 6) is 0.0257. The molecule has 0 aliphatic heterocycles. The molecule has 0 fully saturated rings. The number of carbonyl (C=O) groups is 1. The Balaban J connectivity index is 1.66. The fraction of sp³-hybridized carbons (Fsp3) is 0.278. The highest BCUT2D eigenvalue weighted by Gasteiger charge is 2.02. The van der Waals surface area contributed by atoms with E-state index >= 15 is 0 Å². The van der Waals surface area contributed by atoms with Crippen molar-refractivity contribution in [3.63, 3.8) is 0 Å². The maximum Gasteiger partial charge on any atom is 0.221 e. The van der Waals surface area contributed by atoms with E-state index in [0.29, 0.717) is 19.5 Å². The van der Waals surface area contributed by atoms with Crippen LogP contribution in [0.5, 0.6) is 0 Å². The molecule has 0 unspecified atom stereocenters. The molecule has 0 atom stereocenters. The first-order chi connectivity index (χ1) is 11.0. The Hall–Kier alpha value is -1.71. The number of nitrogens with one attached hydrogen (secondary N) is 2. The molecule has 0 bridgehead atoms. The van der Waals surface area contributed by atoms with E-state index < -0.39 is 0 Å². The molecule has 0 spiro atoms. The number of aryl methyl sites for hydroxylation is 1. The summed E-state index contributed by atoms with van der Waals surface area (Å²) in [5, 5.41) is 7.55. The van der Waals surface area contributed by atoms with Crippen molar-refractivity contribution in [1.82, 2.24) is 5.32 Å². The molecule has 122 valence electrons. The molecule has 0 aliphatic carbocycles. The number of rotatable bonds is 7. The lowest BCUT2D eigenvalue weighted by Crippen LogP contribution is -2.27. The van der Waals surface area contributed by atoms with E-state index in [2.05, 4.69) is 10.6 Å². The molecular weight excluding hydrogens is 331 g/mol. The monoisotopic (exact) mass is 350 g/mol. The van der Waals surface area contributed by atoms with Crippen molar-refractivity contribution in [3.05, 3.63) is 63.6 Å². The van der Waals surface area contributed by atoms with Crippen LogP contribution >= 0.6 is 23.2 Å². The third-order valence-corrected chi connectivity index (χ3v) is 4.12. The summed E-state index contributed by atoms with van der Waals surface area (Å²) in [6.45, 7) is 3.14. The number of anilines is 1. The van der Waals surface area contributed by atoms with Gasteiger partial charge in [-0.05, 0) is 48.7 Å². The van der Waals surface area contributed by atoms with Gasteiger partial charge in [0.05, 0.1) is 0 Å². The fourth-order valence-electron chi connectivity index (χ4n) is 2.15. The van der Waals surface area contributed by atoms with Gasteiger partial charge in [0.1, 0.15) is 0 Å². The molecule has 0 aromatic heterocycles. The molecule has 5 heteroatoms. The first kappa shape index (κ1) is 17.6. The Labute approximate surface area is 147 Å². The molecule has 2 aromatic rings. The minimum Gasteiger partial charge on any atom is -0.384 e. The molecule has 2 rings (SSSR count). The van der Waals surface area contributed by atoms with Gasteiger partial charge in [-0.15, -0.1) is 0 Å². The van der Waals surface area contributed by atoms with E-state index in [1.807, 2.05) is 49.4 Å². The number of carbonyl (C=O) groups excluding carboxylic acids is 1. The van der Waals surface area contributed by atoms with Crippen molar-refractivity contribution < 1.29 is 4.79 Å². The molecule has 2 N–H and O–H groups in total. The zero-order valence-electron chi connectivity index (χ0n) is 13.0. The normalized spacial score (nSPS) is 10.4. The van der Waals surface area contributed by atoms with Crippen molar-refractivity contribution >= 4 is 34.8 Å². The number of hydrogen-bond acceptors (Lipinski definition) is 2. The number of benzene rings is 2. The highest BCUT2D eigenvalue weighted by molar-refractivity contribution is 6.31. The third kappa shape index (κ3) is 6.12. The average molecular weight is 351 g/mol. The third-order valence-electron chi connectivity index (χ3n) is 3.48. The molecule has 0 aliphatic rings. The molecule has 0 radical (unpaired) electrons. The quantitative estimate of drug-likeness (QED) is 0.773. The van der Waals surface area contributed by atoms with Crippen molar-refractivity contribution in [3.8, 4) is 0 Å². The second kappa shape index (κ2) is 8.80. The van der Waals surface area contributed by atoms with Crippen LogP contribution in [-0.2, 0) is 11.2 Å². The zero-order valence-corrected chi connectivity index (χ0v) is 14.5. The highest BCUT2D eigenvalue weighted by Crippen LogP contribution is 2.19. The molecule has 1 amide bonds. The summed E-state index contributed by atoms with van der Waals surface area (Å²) < 4.78 is 0. The second-order valence-electron chi connectivity index (χ2n) is 5.37. The second-order valence-corrected chi connectivity index (χ2v) is 6.21. The van der Waals surface area contributed by atoms with Crippen LogP contribution in [0.15, 0.2) is 42.5 Å². The maximum atomic E-state index is 11.8. The minimum absolute atomic E-state index is 0.0257. The Kier molecular flexibility index (Phi) is 6.75. The summed E-state index contributed by atoms with van der Waals surface area (Å²) >= 11 is 12.0. The summed E-state index contributed by atoms with van der Waals surface area (Å²) in [7, 11) is 0. The van der Waals surface area contributed by atoms with Crippen molar-refractivity contribution in [1.29, 1.82) is 0 Å². The Morgan fingerprint density at radius 1 is 1.09 bits per heavy atom. The number of hydrogen-bond donors (Lipinski definition) is 2. The zero-order chi connectivity index (χ0) is 16.7. The smallest absolute Gasteiger partial charge is 0.221 e. The van der Waals surface area contributed by atoms with Crippen LogP contribution in [0.3, 0.4) is 0 Å². The van der Waals surface area contributed by atoms with Gasteiger partial charge in [0.25, 0.3) is 0 Å². The summed E-state index contributed by atoms with van der Waals surface area (Å²) in [5.41, 5.74) is 3.08. The van der Waals surface area contributed by atoms with Gasteiger partial charge < -0.3 is 10.6 Å². The number of halogens is 2. The van der Waals surface area contributed by atoms with Crippen LogP contribution in [0, 0.1) is 6.92 Å². The van der Waals surface area contributed by atoms with E-state index in [4.69, 9.17) is 23.2 Å². The SMILES string of the molecule is Cc1ccc(NCCC(=O)NCCc2cccc(Cl)c2)cc1Cl. The maximum absolute atomic E-state index is 11.8. The predicted octanol–water partition coefficient (Wildman–Crippen LogP) is 4.46.